The molecule has 4 heteroatoms. The molecule has 0 aromatic heterocycles. The van der Waals surface area contributed by atoms with Gasteiger partial charge in [-0.25, -0.2) is 4.79 Å². The van der Waals surface area contributed by atoms with Crippen molar-refractivity contribution in [3.05, 3.63) is 0 Å². The van der Waals surface area contributed by atoms with Gasteiger partial charge >= 0.3 is 6.03 Å². The fourth-order valence-corrected chi connectivity index (χ4v) is 0.910. The van der Waals surface area contributed by atoms with Crippen molar-refractivity contribution in [1.29, 1.82) is 0 Å². The maximum Gasteiger partial charge on any atom is 0.316 e. The fourth-order valence-electron chi connectivity index (χ4n) is 0.910. The molecule has 0 saturated carbocycles. The van der Waals surface area contributed by atoms with E-state index in [1.165, 1.54) is 4.90 Å². The van der Waals surface area contributed by atoms with Crippen molar-refractivity contribution in [3.63, 3.8) is 0 Å². The Morgan fingerprint density at radius 3 is 2.15 bits per heavy atom. The van der Waals surface area contributed by atoms with Gasteiger partial charge in [0.1, 0.15) is 0 Å². The molecule has 0 aromatic carbocycles. The van der Waals surface area contributed by atoms with Crippen molar-refractivity contribution < 1.29 is 4.79 Å². The summed E-state index contributed by atoms with van der Waals surface area (Å²) in [7, 11) is 3.43. The molecule has 0 aliphatic carbocycles. The van der Waals surface area contributed by atoms with Crippen molar-refractivity contribution >= 4 is 6.03 Å². The van der Waals surface area contributed by atoms with Crippen LogP contribution in [0.3, 0.4) is 0 Å². The lowest BCUT2D eigenvalue weighted by atomic mass is 9.94. The minimum absolute atomic E-state index is 0.0864. The Labute approximate surface area is 80.5 Å². The molecule has 0 saturated heterocycles. The van der Waals surface area contributed by atoms with Crippen LogP contribution in [0.2, 0.25) is 0 Å². The zero-order chi connectivity index (χ0) is 10.5. The zero-order valence-corrected chi connectivity index (χ0v) is 9.05. The first-order valence-corrected chi connectivity index (χ1v) is 4.69. The quantitative estimate of drug-likeness (QED) is 0.683. The Balaban J connectivity index is 3.92. The van der Waals surface area contributed by atoms with E-state index in [9.17, 15) is 4.79 Å². The van der Waals surface area contributed by atoms with Crippen LogP contribution in [-0.4, -0.2) is 37.1 Å². The molecule has 13 heavy (non-hydrogen) atoms. The number of carbonyl (C=O) groups is 1. The number of carbonyl (C=O) groups excluding carboxylic acids is 1. The lowest BCUT2D eigenvalue weighted by Gasteiger charge is -2.27. The molecule has 0 unspecified atom stereocenters. The van der Waals surface area contributed by atoms with Crippen LogP contribution in [0.25, 0.3) is 0 Å². The number of hydrogen-bond donors (Lipinski definition) is 2. The van der Waals surface area contributed by atoms with Gasteiger partial charge in [0, 0.05) is 26.2 Å². The second kappa shape index (κ2) is 5.07. The topological polar surface area (TPSA) is 58.4 Å². The second-order valence-corrected chi connectivity index (χ2v) is 3.62. The molecule has 3 N–H and O–H groups in total. The van der Waals surface area contributed by atoms with Crippen LogP contribution in [0.5, 0.6) is 0 Å². The zero-order valence-electron chi connectivity index (χ0n) is 9.05. The molecule has 2 amide bonds. The summed E-state index contributed by atoms with van der Waals surface area (Å²) in [6, 6.07) is -0.0864. The largest absolute Gasteiger partial charge is 0.336 e. The van der Waals surface area contributed by atoms with E-state index in [-0.39, 0.29) is 11.6 Å². The number of amides is 2. The van der Waals surface area contributed by atoms with Gasteiger partial charge in [0.2, 0.25) is 0 Å². The Bertz CT molecular complexity index is 164. The summed E-state index contributed by atoms with van der Waals surface area (Å²) in [6.07, 6.45) is 1.74. The summed E-state index contributed by atoms with van der Waals surface area (Å²) in [5.41, 5.74) is 5.75. The molecule has 0 bridgehead atoms. The average Bonchev–Trinajstić information content (AvgIpc) is 2.13. The summed E-state index contributed by atoms with van der Waals surface area (Å²) in [4.78, 5) is 12.7. The van der Waals surface area contributed by atoms with Crippen LogP contribution >= 0.6 is 0 Å². The number of hydrogen-bond acceptors (Lipinski definition) is 2. The number of nitrogens with two attached hydrogens (primary N) is 1. The molecule has 4 nitrogen and oxygen atoms in total. The minimum Gasteiger partial charge on any atom is -0.336 e. The molecular formula is C9H21N3O. The first-order valence-electron chi connectivity index (χ1n) is 4.69. The van der Waals surface area contributed by atoms with Gasteiger partial charge in [-0.2, -0.15) is 0 Å². The number of nitrogens with zero attached hydrogens (tertiary/aromatic N) is 1. The van der Waals surface area contributed by atoms with Gasteiger partial charge in [-0.1, -0.05) is 13.8 Å². The monoisotopic (exact) mass is 187 g/mol. The molecule has 0 rings (SSSR count). The third-order valence-electron chi connectivity index (χ3n) is 2.41. The van der Waals surface area contributed by atoms with Crippen molar-refractivity contribution in [2.75, 3.05) is 20.6 Å². The SMILES string of the molecule is CCC(N)(CC)CNC(=O)N(C)C. The maximum absolute atomic E-state index is 11.2. The lowest BCUT2D eigenvalue weighted by molar-refractivity contribution is 0.213. The maximum atomic E-state index is 11.2. The van der Waals surface area contributed by atoms with Gasteiger partial charge in [0.05, 0.1) is 0 Å². The Morgan fingerprint density at radius 1 is 1.38 bits per heavy atom. The Kier molecular flexibility index (Phi) is 4.77. The predicted octanol–water partition coefficient (Wildman–Crippen LogP) is 0.775. The summed E-state index contributed by atoms with van der Waals surface area (Å²) < 4.78 is 0. The van der Waals surface area contributed by atoms with Crippen LogP contribution in [0.15, 0.2) is 0 Å². The summed E-state index contributed by atoms with van der Waals surface area (Å²) in [5, 5.41) is 2.79. The van der Waals surface area contributed by atoms with Gasteiger partial charge in [0.25, 0.3) is 0 Å². The van der Waals surface area contributed by atoms with Crippen LogP contribution in [0, 0.1) is 0 Å². The van der Waals surface area contributed by atoms with E-state index < -0.39 is 0 Å². The van der Waals surface area contributed by atoms with Crippen molar-refractivity contribution in [2.45, 2.75) is 32.2 Å². The molecule has 0 radical (unpaired) electrons. The standard InChI is InChI=1S/C9H21N3O/c1-5-9(10,6-2)7-11-8(13)12(3)4/h5-7,10H2,1-4H3,(H,11,13). The second-order valence-electron chi connectivity index (χ2n) is 3.62. The van der Waals surface area contributed by atoms with Crippen molar-refractivity contribution in [3.8, 4) is 0 Å². The van der Waals surface area contributed by atoms with Crippen molar-refractivity contribution in [2.24, 2.45) is 5.73 Å². The Hall–Kier alpha value is -0.770. The predicted molar refractivity (Wildman–Crippen MR) is 54.6 cm³/mol. The number of urea groups is 1. The third-order valence-corrected chi connectivity index (χ3v) is 2.41. The van der Waals surface area contributed by atoms with E-state index in [0.29, 0.717) is 6.54 Å². The average molecular weight is 187 g/mol. The molecule has 0 fully saturated rings. The van der Waals surface area contributed by atoms with E-state index in [0.717, 1.165) is 12.8 Å². The number of nitrogens with one attached hydrogen (secondary N) is 1. The highest BCUT2D eigenvalue weighted by Gasteiger charge is 2.20. The molecular weight excluding hydrogens is 166 g/mol. The van der Waals surface area contributed by atoms with Gasteiger partial charge in [-0.3, -0.25) is 0 Å². The first kappa shape index (κ1) is 12.2. The number of rotatable bonds is 4. The van der Waals surface area contributed by atoms with Gasteiger partial charge < -0.3 is 16.0 Å². The summed E-state index contributed by atoms with van der Waals surface area (Å²) in [6.45, 7) is 4.60. The van der Waals surface area contributed by atoms with Crippen LogP contribution in [-0.2, 0) is 0 Å². The molecule has 0 atom stereocenters. The van der Waals surface area contributed by atoms with Gasteiger partial charge in [0.15, 0.2) is 0 Å². The molecule has 0 heterocycles. The molecule has 0 aliphatic heterocycles. The van der Waals surface area contributed by atoms with Crippen LogP contribution in [0.4, 0.5) is 4.79 Å². The third kappa shape index (κ3) is 4.12. The normalized spacial score (nSPS) is 11.2. The van der Waals surface area contributed by atoms with E-state index in [4.69, 9.17) is 5.73 Å². The first-order chi connectivity index (χ1) is 5.95. The van der Waals surface area contributed by atoms with Crippen molar-refractivity contribution in [1.82, 2.24) is 10.2 Å². The van der Waals surface area contributed by atoms with Gasteiger partial charge in [-0.15, -0.1) is 0 Å². The highest BCUT2D eigenvalue weighted by molar-refractivity contribution is 5.73. The van der Waals surface area contributed by atoms with E-state index in [2.05, 4.69) is 5.32 Å². The summed E-state index contributed by atoms with van der Waals surface area (Å²) >= 11 is 0. The molecule has 0 spiro atoms. The highest BCUT2D eigenvalue weighted by atomic mass is 16.2. The molecule has 0 aliphatic rings. The molecule has 0 aromatic rings. The smallest absolute Gasteiger partial charge is 0.316 e. The van der Waals surface area contributed by atoms with Crippen LogP contribution < -0.4 is 11.1 Å². The van der Waals surface area contributed by atoms with E-state index >= 15 is 0 Å². The lowest BCUT2D eigenvalue weighted by Crippen LogP contribution is -2.51. The molecule has 78 valence electrons. The van der Waals surface area contributed by atoms with Crippen LogP contribution in [0.1, 0.15) is 26.7 Å². The minimum atomic E-state index is -0.258. The summed E-state index contributed by atoms with van der Waals surface area (Å²) in [5.74, 6) is 0. The highest BCUT2D eigenvalue weighted by Crippen LogP contribution is 2.09. The van der Waals surface area contributed by atoms with E-state index in [1.807, 2.05) is 13.8 Å². The van der Waals surface area contributed by atoms with Gasteiger partial charge in [-0.05, 0) is 12.8 Å². The fraction of sp³-hybridized carbons (Fsp3) is 0.889. The van der Waals surface area contributed by atoms with E-state index in [1.54, 1.807) is 14.1 Å². The Morgan fingerprint density at radius 2 is 1.85 bits per heavy atom.